The molecule has 0 aromatic heterocycles. The summed E-state index contributed by atoms with van der Waals surface area (Å²) >= 11 is 0. The second-order valence-corrected chi connectivity index (χ2v) is 3.82. The molecule has 1 amide bonds. The predicted octanol–water partition coefficient (Wildman–Crippen LogP) is 0.791. The topological polar surface area (TPSA) is 58.6 Å². The second kappa shape index (κ2) is 8.41. The normalized spacial score (nSPS) is 13.2. The second-order valence-electron chi connectivity index (χ2n) is 3.82. The van der Waals surface area contributed by atoms with Gasteiger partial charge in [0, 0.05) is 6.42 Å². The molecule has 0 rings (SSSR count). The molecule has 0 unspecified atom stereocenters. The number of amides is 1. The van der Waals surface area contributed by atoms with Crippen molar-refractivity contribution in [2.24, 2.45) is 5.92 Å². The van der Waals surface area contributed by atoms with Gasteiger partial charge < -0.3 is 15.2 Å². The van der Waals surface area contributed by atoms with Gasteiger partial charge >= 0.3 is 0 Å². The first-order valence-corrected chi connectivity index (χ1v) is 5.23. The van der Waals surface area contributed by atoms with Crippen LogP contribution in [-0.2, 0) is 9.53 Å². The van der Waals surface area contributed by atoms with E-state index in [1.807, 2.05) is 13.8 Å². The molecule has 0 aliphatic rings. The van der Waals surface area contributed by atoms with Gasteiger partial charge in [0.25, 0.3) is 6.43 Å². The molecule has 0 saturated heterocycles. The molecule has 96 valence electrons. The summed E-state index contributed by atoms with van der Waals surface area (Å²) < 4.78 is 27.9. The fraction of sp³-hybridized carbons (Fsp3) is 0.900. The lowest BCUT2D eigenvalue weighted by atomic mass is 10.1. The number of halogens is 2. The van der Waals surface area contributed by atoms with Crippen LogP contribution >= 0.6 is 0 Å². The summed E-state index contributed by atoms with van der Waals surface area (Å²) in [6.45, 7) is 2.91. The molecular formula is C10H19F2NO3. The summed E-state index contributed by atoms with van der Waals surface area (Å²) in [6, 6.07) is -0.303. The van der Waals surface area contributed by atoms with E-state index in [0.29, 0.717) is 0 Å². The number of carbonyl (C=O) groups is 1. The van der Waals surface area contributed by atoms with Crippen LogP contribution in [-0.4, -0.2) is 43.3 Å². The summed E-state index contributed by atoms with van der Waals surface area (Å²) in [5.74, 6) is -0.182. The predicted molar refractivity (Wildman–Crippen MR) is 55.3 cm³/mol. The lowest BCUT2D eigenvalue weighted by molar-refractivity contribution is -0.124. The minimum absolute atomic E-state index is 0.0237. The van der Waals surface area contributed by atoms with Crippen molar-refractivity contribution in [3.05, 3.63) is 0 Å². The maximum absolute atomic E-state index is 11.7. The molecule has 0 aromatic carbocycles. The average molecular weight is 239 g/mol. The van der Waals surface area contributed by atoms with Gasteiger partial charge in [-0.25, -0.2) is 8.78 Å². The van der Waals surface area contributed by atoms with E-state index in [9.17, 15) is 13.6 Å². The molecule has 0 bridgehead atoms. The zero-order valence-corrected chi connectivity index (χ0v) is 9.58. The van der Waals surface area contributed by atoms with E-state index in [1.54, 1.807) is 0 Å². The highest BCUT2D eigenvalue weighted by Gasteiger charge is 2.14. The van der Waals surface area contributed by atoms with Crippen molar-refractivity contribution in [2.45, 2.75) is 32.7 Å². The van der Waals surface area contributed by atoms with E-state index in [4.69, 9.17) is 5.11 Å². The van der Waals surface area contributed by atoms with E-state index in [1.165, 1.54) is 0 Å². The van der Waals surface area contributed by atoms with Crippen LogP contribution in [0, 0.1) is 5.92 Å². The molecule has 0 fully saturated rings. The molecular weight excluding hydrogens is 220 g/mol. The number of aliphatic hydroxyl groups is 1. The zero-order chi connectivity index (χ0) is 12.6. The maximum atomic E-state index is 11.7. The van der Waals surface area contributed by atoms with Crippen LogP contribution in [0.3, 0.4) is 0 Å². The smallest absolute Gasteiger partial charge is 0.261 e. The Balaban J connectivity index is 3.65. The van der Waals surface area contributed by atoms with E-state index < -0.39 is 13.0 Å². The molecule has 0 heterocycles. The molecule has 0 radical (unpaired) electrons. The Labute approximate surface area is 94.0 Å². The Kier molecular flexibility index (Phi) is 8.01. The Morgan fingerprint density at radius 2 is 2.06 bits per heavy atom. The molecule has 0 aliphatic heterocycles. The Bertz CT molecular complexity index is 201. The van der Waals surface area contributed by atoms with Gasteiger partial charge in [0.05, 0.1) is 19.3 Å². The molecule has 0 spiro atoms. The Hall–Kier alpha value is -0.750. The number of hydrogen-bond donors (Lipinski definition) is 2. The van der Waals surface area contributed by atoms with Crippen LogP contribution in [0.5, 0.6) is 0 Å². The number of carbonyl (C=O) groups excluding carboxylic acids is 1. The van der Waals surface area contributed by atoms with E-state index >= 15 is 0 Å². The summed E-state index contributed by atoms with van der Waals surface area (Å²) in [5, 5.41) is 11.5. The largest absolute Gasteiger partial charge is 0.394 e. The van der Waals surface area contributed by atoms with Crippen LogP contribution < -0.4 is 5.32 Å². The highest BCUT2D eigenvalue weighted by Crippen LogP contribution is 2.01. The van der Waals surface area contributed by atoms with Crippen molar-refractivity contribution in [2.75, 3.05) is 19.8 Å². The first kappa shape index (κ1) is 15.2. The molecule has 6 heteroatoms. The van der Waals surface area contributed by atoms with Crippen molar-refractivity contribution in [1.82, 2.24) is 5.32 Å². The van der Waals surface area contributed by atoms with Gasteiger partial charge in [-0.15, -0.1) is 0 Å². The molecule has 16 heavy (non-hydrogen) atoms. The standard InChI is InChI=1S/C10H19F2NO3/c1-7(2)8(5-14)13-10(15)3-4-16-6-9(11)12/h7-9,14H,3-6H2,1-2H3,(H,13,15)/t8-/m1/s1. The van der Waals surface area contributed by atoms with Crippen LogP contribution in [0.25, 0.3) is 0 Å². The SMILES string of the molecule is CC(C)[C@@H](CO)NC(=O)CCOCC(F)F. The number of alkyl halides is 2. The lowest BCUT2D eigenvalue weighted by Gasteiger charge is -2.19. The summed E-state index contributed by atoms with van der Waals surface area (Å²) in [6.07, 6.45) is -2.49. The third kappa shape index (κ3) is 7.53. The molecule has 2 N–H and O–H groups in total. The van der Waals surface area contributed by atoms with Gasteiger partial charge in [-0.2, -0.15) is 0 Å². The van der Waals surface area contributed by atoms with Crippen LogP contribution in [0.4, 0.5) is 8.78 Å². The fourth-order valence-electron chi connectivity index (χ4n) is 1.04. The van der Waals surface area contributed by atoms with Crippen molar-refractivity contribution in [1.29, 1.82) is 0 Å². The average Bonchev–Trinajstić information content (AvgIpc) is 2.20. The molecule has 0 aromatic rings. The number of aliphatic hydroxyl groups excluding tert-OH is 1. The minimum Gasteiger partial charge on any atom is -0.394 e. The van der Waals surface area contributed by atoms with Crippen molar-refractivity contribution < 1.29 is 23.4 Å². The monoisotopic (exact) mass is 239 g/mol. The molecule has 1 atom stereocenters. The van der Waals surface area contributed by atoms with Crippen molar-refractivity contribution in [3.63, 3.8) is 0 Å². The van der Waals surface area contributed by atoms with Crippen LogP contribution in [0.2, 0.25) is 0 Å². The van der Waals surface area contributed by atoms with Gasteiger partial charge in [0.1, 0.15) is 6.61 Å². The number of hydrogen-bond acceptors (Lipinski definition) is 3. The van der Waals surface area contributed by atoms with E-state index in [-0.39, 0.29) is 37.5 Å². The van der Waals surface area contributed by atoms with Gasteiger partial charge in [0.2, 0.25) is 5.91 Å². The molecule has 0 aliphatic carbocycles. The van der Waals surface area contributed by atoms with Crippen molar-refractivity contribution >= 4 is 5.91 Å². The summed E-state index contributed by atoms with van der Waals surface area (Å²) in [4.78, 5) is 11.3. The molecule has 4 nitrogen and oxygen atoms in total. The lowest BCUT2D eigenvalue weighted by Crippen LogP contribution is -2.41. The maximum Gasteiger partial charge on any atom is 0.261 e. The van der Waals surface area contributed by atoms with Crippen LogP contribution in [0.15, 0.2) is 0 Å². The van der Waals surface area contributed by atoms with Gasteiger partial charge in [-0.1, -0.05) is 13.8 Å². The first-order valence-electron chi connectivity index (χ1n) is 5.23. The Morgan fingerprint density at radius 3 is 2.50 bits per heavy atom. The Morgan fingerprint density at radius 1 is 1.44 bits per heavy atom. The van der Waals surface area contributed by atoms with E-state index in [0.717, 1.165) is 0 Å². The summed E-state index contributed by atoms with van der Waals surface area (Å²) in [5.41, 5.74) is 0. The first-order chi connectivity index (χ1) is 7.47. The minimum atomic E-state index is -2.51. The third-order valence-electron chi connectivity index (χ3n) is 2.07. The number of rotatable bonds is 8. The fourth-order valence-corrected chi connectivity index (χ4v) is 1.04. The highest BCUT2D eigenvalue weighted by molar-refractivity contribution is 5.76. The summed E-state index contributed by atoms with van der Waals surface area (Å²) in [7, 11) is 0. The number of ether oxygens (including phenoxy) is 1. The van der Waals surface area contributed by atoms with Gasteiger partial charge in [-0.05, 0) is 5.92 Å². The van der Waals surface area contributed by atoms with Crippen molar-refractivity contribution in [3.8, 4) is 0 Å². The third-order valence-corrected chi connectivity index (χ3v) is 2.07. The highest BCUT2D eigenvalue weighted by atomic mass is 19.3. The van der Waals surface area contributed by atoms with Crippen LogP contribution in [0.1, 0.15) is 20.3 Å². The number of nitrogens with one attached hydrogen (secondary N) is 1. The quantitative estimate of drug-likeness (QED) is 0.616. The zero-order valence-electron chi connectivity index (χ0n) is 9.58. The molecule has 0 saturated carbocycles. The van der Waals surface area contributed by atoms with E-state index in [2.05, 4.69) is 10.1 Å². The van der Waals surface area contributed by atoms with Gasteiger partial charge in [-0.3, -0.25) is 4.79 Å². The van der Waals surface area contributed by atoms with Gasteiger partial charge in [0.15, 0.2) is 0 Å².